The summed E-state index contributed by atoms with van der Waals surface area (Å²) in [5.41, 5.74) is 1.01. The van der Waals surface area contributed by atoms with Gasteiger partial charge < -0.3 is 15.5 Å². The molecule has 0 radical (unpaired) electrons. The molecule has 5 N–H and O–H groups in total. The molecule has 9 heteroatoms. The van der Waals surface area contributed by atoms with E-state index in [1.807, 2.05) is 0 Å². The van der Waals surface area contributed by atoms with Crippen molar-refractivity contribution in [2.24, 2.45) is 0 Å². The van der Waals surface area contributed by atoms with Crippen molar-refractivity contribution in [3.05, 3.63) is 29.3 Å². The maximum Gasteiger partial charge on any atom is 0.336 e. The van der Waals surface area contributed by atoms with Crippen molar-refractivity contribution < 1.29 is 34.6 Å². The van der Waals surface area contributed by atoms with E-state index in [0.717, 1.165) is 25.0 Å². The molecule has 0 heterocycles. The number of aromatic carboxylic acids is 2. The van der Waals surface area contributed by atoms with E-state index in [2.05, 4.69) is 5.32 Å². The number of rotatable bonds is 10. The predicted molar refractivity (Wildman–Crippen MR) is 86.6 cm³/mol. The summed E-state index contributed by atoms with van der Waals surface area (Å²) < 4.78 is 0. The molecule has 0 atom stereocenters. The van der Waals surface area contributed by atoms with Crippen molar-refractivity contribution in [1.29, 1.82) is 0 Å². The number of nitrogens with one attached hydrogen (secondary N) is 2. The summed E-state index contributed by atoms with van der Waals surface area (Å²) in [6, 6.07) is 3.58. The number of unbranched alkanes of at least 4 members (excludes halogenated alkanes) is 3. The fourth-order valence-electron chi connectivity index (χ4n) is 2.19. The van der Waals surface area contributed by atoms with Crippen LogP contribution in [0.4, 0.5) is 5.69 Å². The zero-order chi connectivity index (χ0) is 18.8. The van der Waals surface area contributed by atoms with Gasteiger partial charge in [-0.05, 0) is 31.0 Å². The maximum atomic E-state index is 11.8. The van der Waals surface area contributed by atoms with Crippen LogP contribution in [0.2, 0.25) is 0 Å². The molecule has 0 bridgehead atoms. The average molecular weight is 352 g/mol. The third-order valence-corrected chi connectivity index (χ3v) is 3.45. The van der Waals surface area contributed by atoms with E-state index >= 15 is 0 Å². The number of amides is 2. The lowest BCUT2D eigenvalue weighted by Crippen LogP contribution is -2.17. The lowest BCUT2D eigenvalue weighted by molar-refractivity contribution is -0.129. The lowest BCUT2D eigenvalue weighted by atomic mass is 10.1. The van der Waals surface area contributed by atoms with Crippen LogP contribution in [0.5, 0.6) is 0 Å². The minimum atomic E-state index is -1.39. The number of hydroxylamine groups is 1. The first-order chi connectivity index (χ1) is 11.8. The van der Waals surface area contributed by atoms with Crippen LogP contribution in [0.25, 0.3) is 0 Å². The molecule has 136 valence electrons. The minimum absolute atomic E-state index is 0.215. The Morgan fingerprint density at radius 2 is 1.36 bits per heavy atom. The highest BCUT2D eigenvalue weighted by Crippen LogP contribution is 2.17. The van der Waals surface area contributed by atoms with Crippen LogP contribution in [-0.4, -0.2) is 39.2 Å². The molecule has 1 aromatic rings. The quantitative estimate of drug-likeness (QED) is 0.245. The summed E-state index contributed by atoms with van der Waals surface area (Å²) in [5, 5.41) is 28.8. The summed E-state index contributed by atoms with van der Waals surface area (Å²) in [7, 11) is 0. The van der Waals surface area contributed by atoms with Crippen LogP contribution in [0.1, 0.15) is 59.2 Å². The van der Waals surface area contributed by atoms with Crippen molar-refractivity contribution in [2.75, 3.05) is 5.32 Å². The average Bonchev–Trinajstić information content (AvgIpc) is 2.57. The van der Waals surface area contributed by atoms with E-state index in [-0.39, 0.29) is 30.0 Å². The topological polar surface area (TPSA) is 153 Å². The largest absolute Gasteiger partial charge is 0.478 e. The molecule has 9 nitrogen and oxygen atoms in total. The van der Waals surface area contributed by atoms with Crippen LogP contribution >= 0.6 is 0 Å². The van der Waals surface area contributed by atoms with Gasteiger partial charge in [-0.3, -0.25) is 14.8 Å². The first-order valence-corrected chi connectivity index (χ1v) is 7.68. The second-order valence-corrected chi connectivity index (χ2v) is 5.37. The number of hydrogen-bond acceptors (Lipinski definition) is 5. The Morgan fingerprint density at radius 3 is 1.88 bits per heavy atom. The van der Waals surface area contributed by atoms with E-state index < -0.39 is 23.4 Å². The molecular formula is C16H20N2O7. The van der Waals surface area contributed by atoms with Gasteiger partial charge in [0, 0.05) is 18.5 Å². The Bertz CT molecular complexity index is 658. The van der Waals surface area contributed by atoms with Crippen LogP contribution in [0.15, 0.2) is 18.2 Å². The molecule has 0 aliphatic carbocycles. The molecule has 0 saturated heterocycles. The van der Waals surface area contributed by atoms with Crippen LogP contribution in [0.3, 0.4) is 0 Å². The number of carbonyl (C=O) groups excluding carboxylic acids is 2. The van der Waals surface area contributed by atoms with Crippen molar-refractivity contribution in [3.8, 4) is 0 Å². The summed E-state index contributed by atoms with van der Waals surface area (Å²) in [5.74, 6) is -3.50. The number of carboxylic acid groups (broad SMARTS) is 2. The highest BCUT2D eigenvalue weighted by atomic mass is 16.5. The molecule has 25 heavy (non-hydrogen) atoms. The van der Waals surface area contributed by atoms with Gasteiger partial charge in [0.2, 0.25) is 11.8 Å². The number of benzene rings is 1. The van der Waals surface area contributed by atoms with Crippen molar-refractivity contribution in [3.63, 3.8) is 0 Å². The normalized spacial score (nSPS) is 10.1. The monoisotopic (exact) mass is 352 g/mol. The van der Waals surface area contributed by atoms with Gasteiger partial charge in [-0.1, -0.05) is 12.8 Å². The predicted octanol–water partition coefficient (Wildman–Crippen LogP) is 1.87. The van der Waals surface area contributed by atoms with E-state index in [0.29, 0.717) is 12.8 Å². The molecule has 0 aliphatic heterocycles. The molecule has 0 saturated carbocycles. The van der Waals surface area contributed by atoms with Gasteiger partial charge in [-0.15, -0.1) is 0 Å². The summed E-state index contributed by atoms with van der Waals surface area (Å²) in [6.45, 7) is 0. The van der Waals surface area contributed by atoms with Gasteiger partial charge >= 0.3 is 11.9 Å². The molecule has 1 aromatic carbocycles. The SMILES string of the molecule is O=C(CCCCCCC(=O)Nc1ccc(C(=O)O)c(C(=O)O)c1)NO. The Morgan fingerprint density at radius 1 is 0.800 bits per heavy atom. The third kappa shape index (κ3) is 7.00. The van der Waals surface area contributed by atoms with E-state index in [4.69, 9.17) is 15.4 Å². The second-order valence-electron chi connectivity index (χ2n) is 5.37. The van der Waals surface area contributed by atoms with Gasteiger partial charge in [0.05, 0.1) is 11.1 Å². The molecule has 1 rings (SSSR count). The zero-order valence-corrected chi connectivity index (χ0v) is 13.4. The van der Waals surface area contributed by atoms with E-state index in [1.165, 1.54) is 6.07 Å². The van der Waals surface area contributed by atoms with Crippen LogP contribution in [-0.2, 0) is 9.59 Å². The molecule has 0 aliphatic rings. The van der Waals surface area contributed by atoms with Crippen molar-refractivity contribution in [1.82, 2.24) is 5.48 Å². The first-order valence-electron chi connectivity index (χ1n) is 7.68. The summed E-state index contributed by atoms with van der Waals surface area (Å²) in [6.07, 6.45) is 3.09. The Balaban J connectivity index is 2.44. The molecule has 0 fully saturated rings. The fourth-order valence-corrected chi connectivity index (χ4v) is 2.19. The number of carboxylic acids is 2. The molecule has 2 amide bonds. The minimum Gasteiger partial charge on any atom is -0.478 e. The number of carbonyl (C=O) groups is 4. The van der Waals surface area contributed by atoms with Gasteiger partial charge in [-0.25, -0.2) is 15.1 Å². The maximum absolute atomic E-state index is 11.8. The van der Waals surface area contributed by atoms with E-state index in [9.17, 15) is 19.2 Å². The van der Waals surface area contributed by atoms with Crippen molar-refractivity contribution >= 4 is 29.4 Å². The smallest absolute Gasteiger partial charge is 0.336 e. The highest BCUT2D eigenvalue weighted by molar-refractivity contribution is 6.03. The number of hydrogen-bond donors (Lipinski definition) is 5. The Labute approximate surface area is 143 Å². The molecular weight excluding hydrogens is 332 g/mol. The molecule has 0 spiro atoms. The summed E-state index contributed by atoms with van der Waals surface area (Å²) in [4.78, 5) is 44.7. The molecule has 0 aromatic heterocycles. The van der Waals surface area contributed by atoms with Gasteiger partial charge in [0.25, 0.3) is 0 Å². The summed E-state index contributed by atoms with van der Waals surface area (Å²) >= 11 is 0. The van der Waals surface area contributed by atoms with Crippen LogP contribution < -0.4 is 10.8 Å². The zero-order valence-electron chi connectivity index (χ0n) is 13.4. The second kappa shape index (κ2) is 10.0. The Hall–Kier alpha value is -2.94. The van der Waals surface area contributed by atoms with Crippen molar-refractivity contribution in [2.45, 2.75) is 38.5 Å². The van der Waals surface area contributed by atoms with E-state index in [1.54, 1.807) is 5.48 Å². The molecule has 0 unspecified atom stereocenters. The number of anilines is 1. The fraction of sp³-hybridized carbons (Fsp3) is 0.375. The van der Waals surface area contributed by atoms with Gasteiger partial charge in [0.1, 0.15) is 0 Å². The Kier molecular flexibility index (Phi) is 8.07. The van der Waals surface area contributed by atoms with Crippen LogP contribution in [0, 0.1) is 0 Å². The lowest BCUT2D eigenvalue weighted by Gasteiger charge is -2.08. The first kappa shape index (κ1) is 20.1. The third-order valence-electron chi connectivity index (χ3n) is 3.45. The standard InChI is InChI=1S/C16H20N2O7/c19-13(5-3-1-2-4-6-14(20)18-25)17-10-7-8-11(15(21)22)12(9-10)16(23)24/h7-9,25H,1-6H2,(H,17,19)(H,18,20)(H,21,22)(H,23,24). The van der Waals surface area contributed by atoms with Gasteiger partial charge in [-0.2, -0.15) is 0 Å². The highest BCUT2D eigenvalue weighted by Gasteiger charge is 2.16. The van der Waals surface area contributed by atoms with Gasteiger partial charge in [0.15, 0.2) is 0 Å².